The largest absolute Gasteiger partial charge is 0.496 e. The number of hydrogen-bond acceptors (Lipinski definition) is 9. The number of pyridine rings is 1. The highest BCUT2D eigenvalue weighted by Gasteiger charge is 2.17. The molecule has 29 heavy (non-hydrogen) atoms. The summed E-state index contributed by atoms with van der Waals surface area (Å²) in [6, 6.07) is 9.43. The van der Waals surface area contributed by atoms with E-state index in [1.807, 2.05) is 0 Å². The Morgan fingerprint density at radius 3 is 2.76 bits per heavy atom. The van der Waals surface area contributed by atoms with Crippen LogP contribution in [0.5, 0.6) is 5.75 Å². The van der Waals surface area contributed by atoms with Gasteiger partial charge in [0.15, 0.2) is 0 Å². The van der Waals surface area contributed by atoms with Crippen LogP contribution in [0.4, 0.5) is 23.1 Å². The summed E-state index contributed by atoms with van der Waals surface area (Å²) in [5.41, 5.74) is 1.11. The van der Waals surface area contributed by atoms with Crippen LogP contribution >= 0.6 is 0 Å². The average Bonchev–Trinajstić information content (AvgIpc) is 2.73. The van der Waals surface area contributed by atoms with E-state index in [2.05, 4.69) is 25.6 Å². The first kappa shape index (κ1) is 19.5. The molecule has 0 aliphatic rings. The molecule has 0 bridgehead atoms. The van der Waals surface area contributed by atoms with E-state index in [1.165, 1.54) is 19.2 Å². The van der Waals surface area contributed by atoms with Gasteiger partial charge in [0.05, 0.1) is 23.8 Å². The number of benzene rings is 1. The van der Waals surface area contributed by atoms with Crippen molar-refractivity contribution in [3.05, 3.63) is 58.9 Å². The number of nitro groups is 1. The summed E-state index contributed by atoms with van der Waals surface area (Å²) >= 11 is 0. The third kappa shape index (κ3) is 4.91. The second-order valence-electron chi connectivity index (χ2n) is 5.72. The molecule has 3 N–H and O–H groups in total. The second-order valence-corrected chi connectivity index (χ2v) is 5.72. The maximum absolute atomic E-state index is 11.4. The van der Waals surface area contributed by atoms with Crippen LogP contribution in [0.1, 0.15) is 0 Å². The lowest BCUT2D eigenvalue weighted by Crippen LogP contribution is -2.15. The summed E-state index contributed by atoms with van der Waals surface area (Å²) in [4.78, 5) is 34.2. The molecule has 1 aromatic carbocycles. The fraction of sp³-hybridized carbons (Fsp3) is 0.111. The lowest BCUT2D eigenvalue weighted by Gasteiger charge is -2.11. The van der Waals surface area contributed by atoms with Gasteiger partial charge in [0.25, 0.3) is 5.69 Å². The third-order valence-electron chi connectivity index (χ3n) is 3.75. The van der Waals surface area contributed by atoms with Gasteiger partial charge in [-0.25, -0.2) is 4.98 Å². The van der Waals surface area contributed by atoms with Crippen molar-refractivity contribution in [1.29, 1.82) is 0 Å². The van der Waals surface area contributed by atoms with Crippen LogP contribution in [0, 0.1) is 10.1 Å². The predicted octanol–water partition coefficient (Wildman–Crippen LogP) is 2.70. The molecule has 0 spiro atoms. The van der Waals surface area contributed by atoms with Crippen molar-refractivity contribution in [2.24, 2.45) is 0 Å². The minimum atomic E-state index is -1.08. The minimum absolute atomic E-state index is 0.0485. The molecule has 0 atom stereocenters. The van der Waals surface area contributed by atoms with Crippen LogP contribution in [-0.4, -0.2) is 44.6 Å². The summed E-state index contributed by atoms with van der Waals surface area (Å²) in [7, 11) is 1.41. The fourth-order valence-corrected chi connectivity index (χ4v) is 2.44. The Balaban J connectivity index is 2.01. The molecule has 3 aromatic rings. The minimum Gasteiger partial charge on any atom is -0.496 e. The fourth-order valence-electron chi connectivity index (χ4n) is 2.44. The molecule has 0 aliphatic carbocycles. The van der Waals surface area contributed by atoms with E-state index in [0.717, 1.165) is 0 Å². The van der Waals surface area contributed by atoms with Gasteiger partial charge in [-0.1, -0.05) is 0 Å². The molecule has 0 aliphatic heterocycles. The number of carboxylic acids is 1. The Kier molecular flexibility index (Phi) is 5.78. The van der Waals surface area contributed by atoms with E-state index in [4.69, 9.17) is 9.84 Å². The van der Waals surface area contributed by atoms with Crippen molar-refractivity contribution < 1.29 is 19.6 Å². The van der Waals surface area contributed by atoms with Crippen LogP contribution < -0.4 is 15.4 Å². The van der Waals surface area contributed by atoms with Gasteiger partial charge in [0, 0.05) is 24.0 Å². The van der Waals surface area contributed by atoms with Crippen LogP contribution in [0.25, 0.3) is 11.3 Å². The number of carboxylic acid groups (broad SMARTS) is 1. The molecule has 0 saturated carbocycles. The molecule has 148 valence electrons. The number of ether oxygens (including phenoxy) is 1. The summed E-state index contributed by atoms with van der Waals surface area (Å²) in [6.07, 6.45) is 3.19. The van der Waals surface area contributed by atoms with Gasteiger partial charge in [0.2, 0.25) is 5.95 Å². The number of methoxy groups -OCH3 is 1. The SMILES string of the molecule is COc1ccc(Nc2cc(-c3cccnc3)nc(NCC(=O)O)n2)c([N+](=O)[O-])c1. The smallest absolute Gasteiger partial charge is 0.322 e. The Morgan fingerprint density at radius 2 is 2.10 bits per heavy atom. The third-order valence-corrected chi connectivity index (χ3v) is 3.75. The number of aliphatic carboxylic acids is 1. The number of nitrogens with one attached hydrogen (secondary N) is 2. The summed E-state index contributed by atoms with van der Waals surface area (Å²) in [5.74, 6) is -0.460. The topological polar surface area (TPSA) is 152 Å². The van der Waals surface area contributed by atoms with Gasteiger partial charge in [-0.15, -0.1) is 0 Å². The summed E-state index contributed by atoms with van der Waals surface area (Å²) in [5, 5.41) is 25.8. The van der Waals surface area contributed by atoms with Crippen molar-refractivity contribution in [3.8, 4) is 17.0 Å². The number of rotatable bonds is 8. The van der Waals surface area contributed by atoms with Crippen LogP contribution in [0.2, 0.25) is 0 Å². The van der Waals surface area contributed by atoms with Gasteiger partial charge in [-0.2, -0.15) is 4.98 Å². The number of anilines is 3. The van der Waals surface area contributed by atoms with E-state index in [0.29, 0.717) is 17.0 Å². The van der Waals surface area contributed by atoms with E-state index < -0.39 is 17.4 Å². The molecule has 11 heteroatoms. The molecule has 11 nitrogen and oxygen atoms in total. The van der Waals surface area contributed by atoms with E-state index >= 15 is 0 Å². The Labute approximate surface area is 164 Å². The van der Waals surface area contributed by atoms with Crippen molar-refractivity contribution in [2.45, 2.75) is 0 Å². The average molecular weight is 396 g/mol. The number of nitrogens with zero attached hydrogens (tertiary/aromatic N) is 4. The molecule has 0 radical (unpaired) electrons. The van der Waals surface area contributed by atoms with Crippen molar-refractivity contribution in [2.75, 3.05) is 24.3 Å². The van der Waals surface area contributed by atoms with E-state index in [9.17, 15) is 14.9 Å². The van der Waals surface area contributed by atoms with Gasteiger partial charge in [-0.3, -0.25) is 19.9 Å². The first-order valence-corrected chi connectivity index (χ1v) is 8.31. The van der Waals surface area contributed by atoms with Crippen LogP contribution in [-0.2, 0) is 4.79 Å². The molecule has 0 fully saturated rings. The maximum Gasteiger partial charge on any atom is 0.322 e. The Morgan fingerprint density at radius 1 is 1.28 bits per heavy atom. The number of carbonyl (C=O) groups is 1. The number of hydrogen-bond donors (Lipinski definition) is 3. The van der Waals surface area contributed by atoms with Crippen molar-refractivity contribution in [1.82, 2.24) is 15.0 Å². The second kappa shape index (κ2) is 8.61. The molecule has 0 unspecified atom stereocenters. The molecule has 3 rings (SSSR count). The molecule has 0 saturated heterocycles. The monoisotopic (exact) mass is 396 g/mol. The highest BCUT2D eigenvalue weighted by Crippen LogP contribution is 2.32. The first-order chi connectivity index (χ1) is 14.0. The lowest BCUT2D eigenvalue weighted by atomic mass is 10.2. The zero-order valence-electron chi connectivity index (χ0n) is 15.2. The van der Waals surface area contributed by atoms with E-state index in [1.54, 1.807) is 36.7 Å². The molecule has 0 amide bonds. The lowest BCUT2D eigenvalue weighted by molar-refractivity contribution is -0.384. The maximum atomic E-state index is 11.4. The standard InChI is InChI=1S/C18H16N6O5/c1-29-12-4-5-13(15(7-12)24(27)28)21-16-8-14(11-3-2-6-19-9-11)22-18(23-16)20-10-17(25)26/h2-9H,10H2,1H3,(H,25,26)(H2,20,21,22,23). The number of nitro benzene ring substituents is 1. The predicted molar refractivity (Wildman–Crippen MR) is 104 cm³/mol. The quantitative estimate of drug-likeness (QED) is 0.382. The van der Waals surface area contributed by atoms with Crippen molar-refractivity contribution in [3.63, 3.8) is 0 Å². The van der Waals surface area contributed by atoms with E-state index in [-0.39, 0.29) is 23.1 Å². The highest BCUT2D eigenvalue weighted by molar-refractivity contribution is 5.74. The molecule has 2 heterocycles. The Hall–Kier alpha value is -4.28. The van der Waals surface area contributed by atoms with Crippen molar-refractivity contribution >= 4 is 29.1 Å². The van der Waals surface area contributed by atoms with Gasteiger partial charge < -0.3 is 20.5 Å². The molecule has 2 aromatic heterocycles. The summed E-state index contributed by atoms with van der Waals surface area (Å²) in [6.45, 7) is -0.390. The molecular weight excluding hydrogens is 380 g/mol. The van der Waals surface area contributed by atoms with Gasteiger partial charge in [-0.05, 0) is 24.3 Å². The Bertz CT molecular complexity index is 1040. The van der Waals surface area contributed by atoms with Crippen LogP contribution in [0.15, 0.2) is 48.8 Å². The van der Waals surface area contributed by atoms with Crippen LogP contribution in [0.3, 0.4) is 0 Å². The normalized spacial score (nSPS) is 10.2. The summed E-state index contributed by atoms with van der Waals surface area (Å²) < 4.78 is 5.03. The van der Waals surface area contributed by atoms with Gasteiger partial charge >= 0.3 is 5.97 Å². The molecular formula is C18H16N6O5. The zero-order chi connectivity index (χ0) is 20.8. The first-order valence-electron chi connectivity index (χ1n) is 8.31. The number of aromatic nitrogens is 3. The van der Waals surface area contributed by atoms with Gasteiger partial charge in [0.1, 0.15) is 23.8 Å². The zero-order valence-corrected chi connectivity index (χ0v) is 15.2. The highest BCUT2D eigenvalue weighted by atomic mass is 16.6.